The number of ether oxygens (including phenoxy) is 1. The van der Waals surface area contributed by atoms with E-state index in [4.69, 9.17) is 4.74 Å². The van der Waals surface area contributed by atoms with E-state index < -0.39 is 23.5 Å². The van der Waals surface area contributed by atoms with Gasteiger partial charge in [-0.15, -0.1) is 0 Å². The molecule has 0 saturated carbocycles. The molecule has 1 unspecified atom stereocenters. The van der Waals surface area contributed by atoms with Crippen molar-refractivity contribution in [3.8, 4) is 5.75 Å². The van der Waals surface area contributed by atoms with Gasteiger partial charge in [-0.2, -0.15) is 0 Å². The maximum absolute atomic E-state index is 13.7. The van der Waals surface area contributed by atoms with Gasteiger partial charge in [-0.25, -0.2) is 0 Å². The van der Waals surface area contributed by atoms with Gasteiger partial charge in [0.05, 0.1) is 33.2 Å². The lowest BCUT2D eigenvalue weighted by atomic mass is 9.93. The lowest BCUT2D eigenvalue weighted by molar-refractivity contribution is -0.857. The molecule has 1 aliphatic heterocycles. The Morgan fingerprint density at radius 3 is 2.29 bits per heavy atom. The number of likely N-dealkylation sites (tertiary alicyclic amines) is 1. The molecule has 1 atom stereocenters. The van der Waals surface area contributed by atoms with Gasteiger partial charge in [-0.1, -0.05) is 85.8 Å². The smallest absolute Gasteiger partial charge is 0.295 e. The summed E-state index contributed by atoms with van der Waals surface area (Å²) < 4.78 is 5.89. The van der Waals surface area contributed by atoms with Gasteiger partial charge in [-0.3, -0.25) is 9.59 Å². The van der Waals surface area contributed by atoms with Crippen LogP contribution in [0.25, 0.3) is 5.76 Å². The molecule has 6 heteroatoms. The number of carbonyl (C=O) groups excluding carboxylic acids is 2. The van der Waals surface area contributed by atoms with Gasteiger partial charge in [0.15, 0.2) is 0 Å². The fraction of sp³-hybridized carbons (Fsp3) is 0.312. The predicted octanol–water partition coefficient (Wildman–Crippen LogP) is 3.07. The molecule has 1 fully saturated rings. The summed E-state index contributed by atoms with van der Waals surface area (Å²) in [5, 5.41) is 13.7. The quantitative estimate of drug-likeness (QED) is 0.272. The summed E-state index contributed by atoms with van der Waals surface area (Å²) in [5.41, 5.74) is 4.50. The zero-order valence-corrected chi connectivity index (χ0v) is 22.8. The van der Waals surface area contributed by atoms with Crippen molar-refractivity contribution < 1.29 is 24.3 Å². The molecule has 38 heavy (non-hydrogen) atoms. The molecule has 3 aromatic carbocycles. The largest absolute Gasteiger partial charge is 0.872 e. The van der Waals surface area contributed by atoms with Crippen LogP contribution in [0.1, 0.15) is 53.6 Å². The zero-order chi connectivity index (χ0) is 27.4. The predicted molar refractivity (Wildman–Crippen MR) is 147 cm³/mol. The van der Waals surface area contributed by atoms with Crippen molar-refractivity contribution in [3.63, 3.8) is 0 Å². The second kappa shape index (κ2) is 11.7. The van der Waals surface area contributed by atoms with Crippen LogP contribution in [0.2, 0.25) is 0 Å². The molecule has 0 radical (unpaired) electrons. The number of benzene rings is 3. The second-order valence-electron chi connectivity index (χ2n) is 10.6. The number of nitrogens with one attached hydrogen (secondary N) is 1. The van der Waals surface area contributed by atoms with Crippen molar-refractivity contribution in [2.24, 2.45) is 0 Å². The molecular formula is C32H36N2O4. The Hall–Kier alpha value is -3.90. The molecule has 4 rings (SSSR count). The highest BCUT2D eigenvalue weighted by atomic mass is 16.5. The summed E-state index contributed by atoms with van der Waals surface area (Å²) in [5.74, 6) is -0.794. The summed E-state index contributed by atoms with van der Waals surface area (Å²) in [6.45, 7) is 7.71. The topological polar surface area (TPSA) is 74.1 Å². The van der Waals surface area contributed by atoms with Gasteiger partial charge in [-0.05, 0) is 47.2 Å². The minimum absolute atomic E-state index is 0.00878. The third-order valence-electron chi connectivity index (χ3n) is 6.91. The summed E-state index contributed by atoms with van der Waals surface area (Å²) in [4.78, 5) is 29.0. The van der Waals surface area contributed by atoms with Crippen LogP contribution in [0.15, 0.2) is 78.4 Å². The van der Waals surface area contributed by atoms with Crippen molar-refractivity contribution in [1.82, 2.24) is 4.90 Å². The van der Waals surface area contributed by atoms with Crippen LogP contribution in [-0.2, 0) is 16.2 Å². The Kier molecular flexibility index (Phi) is 8.32. The number of hydrogen-bond donors (Lipinski definition) is 1. The average Bonchev–Trinajstić information content (AvgIpc) is 3.15. The molecule has 6 nitrogen and oxygen atoms in total. The fourth-order valence-corrected chi connectivity index (χ4v) is 4.68. The molecule has 0 aromatic heterocycles. The van der Waals surface area contributed by atoms with Crippen LogP contribution >= 0.6 is 0 Å². The normalized spacial score (nSPS) is 17.0. The highest BCUT2D eigenvalue weighted by Crippen LogP contribution is 2.39. The number of rotatable bonds is 9. The van der Waals surface area contributed by atoms with Crippen molar-refractivity contribution >= 4 is 17.4 Å². The van der Waals surface area contributed by atoms with Crippen LogP contribution in [0.5, 0.6) is 5.75 Å². The van der Waals surface area contributed by atoms with Crippen molar-refractivity contribution in [3.05, 3.63) is 106 Å². The van der Waals surface area contributed by atoms with E-state index in [1.807, 2.05) is 63.5 Å². The Morgan fingerprint density at radius 2 is 1.68 bits per heavy atom. The first-order chi connectivity index (χ1) is 18.2. The van der Waals surface area contributed by atoms with Gasteiger partial charge in [0, 0.05) is 5.57 Å². The van der Waals surface area contributed by atoms with Gasteiger partial charge in [0.2, 0.25) is 5.78 Å². The van der Waals surface area contributed by atoms with E-state index in [0.29, 0.717) is 36.9 Å². The molecule has 1 saturated heterocycles. The molecule has 1 aliphatic rings. The van der Waals surface area contributed by atoms with E-state index in [0.717, 1.165) is 27.2 Å². The second-order valence-corrected chi connectivity index (χ2v) is 10.6. The lowest BCUT2D eigenvalue weighted by Gasteiger charge is -2.28. The minimum atomic E-state index is -0.721. The molecule has 198 valence electrons. The molecular weight excluding hydrogens is 476 g/mol. The number of aryl methyl sites for hydroxylation is 1. The number of amides is 1. The molecule has 0 bridgehead atoms. The van der Waals surface area contributed by atoms with Gasteiger partial charge < -0.3 is 19.6 Å². The molecule has 1 N–H and O–H groups in total. The monoisotopic (exact) mass is 512 g/mol. The summed E-state index contributed by atoms with van der Waals surface area (Å²) in [7, 11) is 3.99. The minimum Gasteiger partial charge on any atom is -0.872 e. The van der Waals surface area contributed by atoms with Crippen molar-refractivity contribution in [2.75, 3.05) is 27.2 Å². The first kappa shape index (κ1) is 27.1. The zero-order valence-electron chi connectivity index (χ0n) is 22.8. The number of likely N-dealkylation sites (N-methyl/N-ethyl adjacent to an activating group) is 1. The number of nitrogens with zero attached hydrogens (tertiary/aromatic N) is 1. The molecule has 3 aromatic rings. The number of hydrogen-bond acceptors (Lipinski definition) is 4. The highest BCUT2D eigenvalue weighted by molar-refractivity contribution is 6.46. The maximum atomic E-state index is 13.7. The van der Waals surface area contributed by atoms with Crippen molar-refractivity contribution in [1.29, 1.82) is 0 Å². The SMILES string of the molecule is Cc1cccc(COc2ccc(/C([O-])=C3\C(=O)C(=O)N(CC[NH+](C)C)C3c3ccc(C(C)C)cc3)cc2)c1. The summed E-state index contributed by atoms with van der Waals surface area (Å²) >= 11 is 0. The standard InChI is InChI=1S/C32H36N2O4/c1-21(2)24-9-11-25(12-10-24)29-28(31(36)32(37)34(29)18-17-33(4)5)30(35)26-13-15-27(16-14-26)38-20-23-8-6-7-22(3)19-23/h6-16,19,21,29,35H,17-18,20H2,1-5H3/b30-28+. The summed E-state index contributed by atoms with van der Waals surface area (Å²) in [6, 6.07) is 22.0. The molecule has 0 spiro atoms. The van der Waals surface area contributed by atoms with Crippen LogP contribution in [0.3, 0.4) is 0 Å². The van der Waals surface area contributed by atoms with E-state index in [1.165, 1.54) is 0 Å². The van der Waals surface area contributed by atoms with E-state index >= 15 is 0 Å². The van der Waals surface area contributed by atoms with Crippen molar-refractivity contribution in [2.45, 2.75) is 39.3 Å². The van der Waals surface area contributed by atoms with Gasteiger partial charge in [0.25, 0.3) is 5.91 Å². The van der Waals surface area contributed by atoms with Crippen LogP contribution in [0, 0.1) is 6.92 Å². The first-order valence-corrected chi connectivity index (χ1v) is 13.1. The third kappa shape index (κ3) is 5.97. The molecule has 0 aliphatic carbocycles. The average molecular weight is 513 g/mol. The summed E-state index contributed by atoms with van der Waals surface area (Å²) in [6.07, 6.45) is 0. The van der Waals surface area contributed by atoms with Gasteiger partial charge >= 0.3 is 0 Å². The number of ketones is 1. The number of carbonyl (C=O) groups is 2. The third-order valence-corrected chi connectivity index (χ3v) is 6.91. The van der Waals surface area contributed by atoms with Crippen LogP contribution in [0.4, 0.5) is 0 Å². The first-order valence-electron chi connectivity index (χ1n) is 13.1. The van der Waals surface area contributed by atoms with Crippen LogP contribution in [-0.4, -0.2) is 43.8 Å². The van der Waals surface area contributed by atoms with E-state index in [-0.39, 0.29) is 5.57 Å². The number of Topliss-reactive ketones (excluding diaryl/α,β-unsaturated/α-hetero) is 1. The highest BCUT2D eigenvalue weighted by Gasteiger charge is 2.44. The van der Waals surface area contributed by atoms with Crippen LogP contribution < -0.4 is 14.7 Å². The Morgan fingerprint density at radius 1 is 1.00 bits per heavy atom. The van der Waals surface area contributed by atoms with Gasteiger partial charge in [0.1, 0.15) is 12.4 Å². The number of quaternary nitrogens is 1. The lowest BCUT2D eigenvalue weighted by Crippen LogP contribution is -3.06. The van der Waals surface area contributed by atoms with E-state index in [2.05, 4.69) is 19.9 Å². The maximum Gasteiger partial charge on any atom is 0.295 e. The Labute approximate surface area is 225 Å². The fourth-order valence-electron chi connectivity index (χ4n) is 4.68. The molecule has 1 amide bonds. The van der Waals surface area contributed by atoms with E-state index in [1.54, 1.807) is 29.2 Å². The van der Waals surface area contributed by atoms with E-state index in [9.17, 15) is 14.7 Å². The Bertz CT molecular complexity index is 1320. The molecule has 1 heterocycles. The Balaban J connectivity index is 1.65.